The molecule has 2 atom stereocenters. The minimum absolute atomic E-state index is 0.0916. The number of carbonyl (C=O) groups is 2. The van der Waals surface area contributed by atoms with Gasteiger partial charge in [-0.1, -0.05) is 85.3 Å². The molecule has 0 radical (unpaired) electrons. The van der Waals surface area contributed by atoms with Crippen LogP contribution in [0.1, 0.15) is 37.0 Å². The molecule has 2 amide bonds. The number of amides is 2. The number of nitrogens with zero attached hydrogens (tertiary/aromatic N) is 2. The third kappa shape index (κ3) is 8.31. The highest BCUT2D eigenvalue weighted by Gasteiger charge is 2.33. The zero-order valence-electron chi connectivity index (χ0n) is 22.8. The van der Waals surface area contributed by atoms with Crippen LogP contribution in [0.4, 0.5) is 5.69 Å². The van der Waals surface area contributed by atoms with Gasteiger partial charge < -0.3 is 10.2 Å². The molecule has 9 heteroatoms. The predicted octanol–water partition coefficient (Wildman–Crippen LogP) is 4.97. The molecule has 0 aromatic heterocycles. The molecule has 3 aromatic rings. The molecular formula is C30H36ClN3O4S. The van der Waals surface area contributed by atoms with Gasteiger partial charge in [-0.3, -0.25) is 13.9 Å². The number of rotatable bonds is 12. The highest BCUT2D eigenvalue weighted by molar-refractivity contribution is 7.92. The Kier molecular flexibility index (Phi) is 10.5. The number of anilines is 1. The first kappa shape index (κ1) is 30.2. The Labute approximate surface area is 236 Å². The van der Waals surface area contributed by atoms with Crippen molar-refractivity contribution in [1.82, 2.24) is 10.2 Å². The van der Waals surface area contributed by atoms with Crippen LogP contribution in [0.15, 0.2) is 78.9 Å². The molecule has 1 N–H and O–H groups in total. The Morgan fingerprint density at radius 1 is 0.923 bits per heavy atom. The first-order valence-corrected chi connectivity index (χ1v) is 15.1. The average molecular weight is 570 g/mol. The van der Waals surface area contributed by atoms with E-state index < -0.39 is 28.5 Å². The molecule has 0 aliphatic rings. The zero-order valence-corrected chi connectivity index (χ0v) is 24.4. The summed E-state index contributed by atoms with van der Waals surface area (Å²) in [7, 11) is -3.86. The molecule has 0 aliphatic heterocycles. The number of nitrogens with one attached hydrogen (secondary N) is 1. The quantitative estimate of drug-likeness (QED) is 0.334. The van der Waals surface area contributed by atoms with Crippen LogP contribution < -0.4 is 9.62 Å². The number of carbonyl (C=O) groups excluding carboxylic acids is 2. The van der Waals surface area contributed by atoms with Crippen molar-refractivity contribution < 1.29 is 18.0 Å². The van der Waals surface area contributed by atoms with Crippen LogP contribution in [0.2, 0.25) is 5.02 Å². The minimum Gasteiger partial charge on any atom is -0.352 e. The van der Waals surface area contributed by atoms with Gasteiger partial charge >= 0.3 is 0 Å². The van der Waals surface area contributed by atoms with E-state index in [1.54, 1.807) is 25.1 Å². The lowest BCUT2D eigenvalue weighted by molar-refractivity contribution is -0.140. The van der Waals surface area contributed by atoms with Gasteiger partial charge in [0.25, 0.3) is 0 Å². The van der Waals surface area contributed by atoms with E-state index in [9.17, 15) is 18.0 Å². The van der Waals surface area contributed by atoms with Gasteiger partial charge in [-0.2, -0.15) is 0 Å². The minimum atomic E-state index is -3.86. The summed E-state index contributed by atoms with van der Waals surface area (Å²) in [5, 5.41) is 3.41. The van der Waals surface area contributed by atoms with Gasteiger partial charge in [0.1, 0.15) is 12.6 Å². The molecule has 0 saturated carbocycles. The second-order valence-corrected chi connectivity index (χ2v) is 12.0. The van der Waals surface area contributed by atoms with Crippen LogP contribution in [0.25, 0.3) is 0 Å². The number of benzene rings is 3. The maximum Gasteiger partial charge on any atom is 0.244 e. The van der Waals surface area contributed by atoms with E-state index in [4.69, 9.17) is 11.6 Å². The fourth-order valence-electron chi connectivity index (χ4n) is 4.24. The molecule has 0 spiro atoms. The summed E-state index contributed by atoms with van der Waals surface area (Å²) >= 11 is 6.29. The average Bonchev–Trinajstić information content (AvgIpc) is 2.91. The van der Waals surface area contributed by atoms with Gasteiger partial charge in [-0.15, -0.1) is 0 Å². The van der Waals surface area contributed by atoms with Gasteiger partial charge in [-0.05, 0) is 49.1 Å². The largest absolute Gasteiger partial charge is 0.352 e. The Bertz CT molecular complexity index is 1370. The summed E-state index contributed by atoms with van der Waals surface area (Å²) < 4.78 is 26.9. The molecular weight excluding hydrogens is 534 g/mol. The molecule has 208 valence electrons. The molecule has 39 heavy (non-hydrogen) atoms. The second-order valence-electron chi connectivity index (χ2n) is 9.68. The Morgan fingerprint density at radius 2 is 1.51 bits per heavy atom. The number of sulfonamides is 1. The monoisotopic (exact) mass is 569 g/mol. The van der Waals surface area contributed by atoms with Crippen LogP contribution in [-0.4, -0.2) is 50.0 Å². The van der Waals surface area contributed by atoms with Crippen molar-refractivity contribution in [3.05, 3.63) is 101 Å². The predicted molar refractivity (Wildman–Crippen MR) is 157 cm³/mol. The fraction of sp³-hybridized carbons (Fsp3) is 0.333. The van der Waals surface area contributed by atoms with Crippen LogP contribution >= 0.6 is 11.6 Å². The van der Waals surface area contributed by atoms with E-state index >= 15 is 0 Å². The summed E-state index contributed by atoms with van der Waals surface area (Å²) in [6.45, 7) is 5.25. The van der Waals surface area contributed by atoms with Gasteiger partial charge in [0.15, 0.2) is 0 Å². The lowest BCUT2D eigenvalue weighted by atomic mass is 10.0. The second kappa shape index (κ2) is 13.6. The molecule has 7 nitrogen and oxygen atoms in total. The number of hydrogen-bond donors (Lipinski definition) is 1. The van der Waals surface area contributed by atoms with Gasteiger partial charge in [0.05, 0.1) is 11.9 Å². The van der Waals surface area contributed by atoms with Crippen molar-refractivity contribution in [2.24, 2.45) is 0 Å². The molecule has 0 heterocycles. The Hall–Kier alpha value is -3.36. The SMILES string of the molecule is CC[C@H](C)NC(=O)[C@@H](Cc1ccccc1)N(Cc1ccccc1)C(=O)CN(c1cccc(Cl)c1C)S(C)(=O)=O. The van der Waals surface area contributed by atoms with Gasteiger partial charge in [-0.25, -0.2) is 8.42 Å². The fourth-order valence-corrected chi connectivity index (χ4v) is 5.31. The molecule has 3 rings (SSSR count). The number of hydrogen-bond acceptors (Lipinski definition) is 4. The molecule has 0 unspecified atom stereocenters. The summed E-state index contributed by atoms with van der Waals surface area (Å²) in [5.74, 6) is -0.786. The lowest BCUT2D eigenvalue weighted by Crippen LogP contribution is -2.54. The van der Waals surface area contributed by atoms with Crippen molar-refractivity contribution >= 4 is 39.1 Å². The van der Waals surface area contributed by atoms with E-state index in [0.717, 1.165) is 28.1 Å². The van der Waals surface area contributed by atoms with Gasteiger partial charge in [0.2, 0.25) is 21.8 Å². The van der Waals surface area contributed by atoms with Crippen LogP contribution in [0.5, 0.6) is 0 Å². The van der Waals surface area contributed by atoms with E-state index in [0.29, 0.717) is 16.3 Å². The van der Waals surface area contributed by atoms with E-state index in [1.807, 2.05) is 74.5 Å². The smallest absolute Gasteiger partial charge is 0.244 e. The third-order valence-electron chi connectivity index (χ3n) is 6.65. The zero-order chi connectivity index (χ0) is 28.6. The lowest BCUT2D eigenvalue weighted by Gasteiger charge is -2.34. The first-order valence-electron chi connectivity index (χ1n) is 12.9. The normalized spacial score (nSPS) is 12.8. The highest BCUT2D eigenvalue weighted by Crippen LogP contribution is 2.28. The van der Waals surface area contributed by atoms with Crippen LogP contribution in [0.3, 0.4) is 0 Å². The van der Waals surface area contributed by atoms with Crippen molar-refractivity contribution in [1.29, 1.82) is 0 Å². The van der Waals surface area contributed by atoms with Crippen molar-refractivity contribution in [3.8, 4) is 0 Å². The Morgan fingerprint density at radius 3 is 2.08 bits per heavy atom. The molecule has 0 saturated heterocycles. The Balaban J connectivity index is 2.06. The third-order valence-corrected chi connectivity index (χ3v) is 8.19. The van der Waals surface area contributed by atoms with Gasteiger partial charge in [0, 0.05) is 24.0 Å². The summed E-state index contributed by atoms with van der Waals surface area (Å²) in [6, 6.07) is 22.8. The van der Waals surface area contributed by atoms with Crippen LogP contribution in [-0.2, 0) is 32.6 Å². The highest BCUT2D eigenvalue weighted by atomic mass is 35.5. The first-order chi connectivity index (χ1) is 18.5. The van der Waals surface area contributed by atoms with E-state index in [1.165, 1.54) is 4.90 Å². The standard InChI is InChI=1S/C30H36ClN3O4S/c1-5-22(2)32-30(36)28(19-24-13-8-6-9-14-24)33(20-25-15-10-7-11-16-25)29(35)21-34(39(4,37)38)27-18-12-17-26(31)23(27)3/h6-18,22,28H,5,19-21H2,1-4H3,(H,32,36)/t22-,28+/m0/s1. The topological polar surface area (TPSA) is 86.8 Å². The molecule has 0 aliphatic carbocycles. The maximum atomic E-state index is 14.1. The molecule has 0 bridgehead atoms. The summed E-state index contributed by atoms with van der Waals surface area (Å²) in [4.78, 5) is 29.2. The van der Waals surface area contributed by atoms with E-state index in [2.05, 4.69) is 5.32 Å². The molecule has 3 aromatic carbocycles. The van der Waals surface area contributed by atoms with Crippen molar-refractivity contribution in [2.75, 3.05) is 17.1 Å². The van der Waals surface area contributed by atoms with Crippen LogP contribution in [0, 0.1) is 6.92 Å². The number of halogens is 1. The molecule has 0 fully saturated rings. The van der Waals surface area contributed by atoms with E-state index in [-0.39, 0.29) is 24.9 Å². The summed E-state index contributed by atoms with van der Waals surface area (Å²) in [6.07, 6.45) is 2.06. The van der Waals surface area contributed by atoms with Crippen molar-refractivity contribution in [3.63, 3.8) is 0 Å². The summed E-state index contributed by atoms with van der Waals surface area (Å²) in [5.41, 5.74) is 2.58. The van der Waals surface area contributed by atoms with Crippen molar-refractivity contribution in [2.45, 2.75) is 52.2 Å². The maximum absolute atomic E-state index is 14.1.